The van der Waals surface area contributed by atoms with Gasteiger partial charge >= 0.3 is 5.97 Å². The number of rotatable bonds is 56. The lowest BCUT2D eigenvalue weighted by Crippen LogP contribution is -2.45. The molecule has 3 N–H and O–H groups in total. The number of carbonyl (C=O) groups excluding carboxylic acids is 2. The zero-order valence-corrected chi connectivity index (χ0v) is 45.1. The fraction of sp³-hybridized carbons (Fsp3) is 0.902. The first-order valence-corrected chi connectivity index (χ1v) is 30.1. The van der Waals surface area contributed by atoms with Crippen molar-refractivity contribution in [1.82, 2.24) is 5.32 Å². The highest BCUT2D eigenvalue weighted by Crippen LogP contribution is 2.17. The Labute approximate surface area is 418 Å². The Morgan fingerprint density at radius 1 is 0.403 bits per heavy atom. The second kappa shape index (κ2) is 56.9. The molecular weight excluding hydrogens is 827 g/mol. The van der Waals surface area contributed by atoms with Crippen LogP contribution in [0.1, 0.15) is 328 Å². The molecule has 0 radical (unpaired) electrons. The average molecular weight is 945 g/mol. The normalized spacial score (nSPS) is 12.7. The van der Waals surface area contributed by atoms with Gasteiger partial charge in [-0.15, -0.1) is 0 Å². The Bertz CT molecular complexity index is 1040. The first kappa shape index (κ1) is 65.3. The lowest BCUT2D eigenvalue weighted by Gasteiger charge is -2.22. The molecule has 0 fully saturated rings. The molecule has 0 bridgehead atoms. The maximum Gasteiger partial charge on any atom is 0.305 e. The van der Waals surface area contributed by atoms with Crippen LogP contribution in [0.2, 0.25) is 0 Å². The molecule has 0 saturated heterocycles. The van der Waals surface area contributed by atoms with Crippen LogP contribution in [0.3, 0.4) is 0 Å². The Morgan fingerprint density at radius 3 is 1.06 bits per heavy atom. The molecule has 0 saturated carbocycles. The number of nitrogens with one attached hydrogen (secondary N) is 1. The predicted molar refractivity (Wildman–Crippen MR) is 292 cm³/mol. The topological polar surface area (TPSA) is 95.9 Å². The van der Waals surface area contributed by atoms with E-state index in [0.717, 1.165) is 44.9 Å². The molecule has 1 amide bonds. The summed E-state index contributed by atoms with van der Waals surface area (Å²) in [7, 11) is 0. The Morgan fingerprint density at radius 2 is 0.701 bits per heavy atom. The van der Waals surface area contributed by atoms with Gasteiger partial charge in [-0.25, -0.2) is 0 Å². The SMILES string of the molecule is CCCCCCCCC/C=C\CCCCCCCCCC(=O)OCCCCCCCCCCCC/C=C\CCCCCCCCCC(=O)NC(CO)C(O)CCCCCCCCCCCCC. The van der Waals surface area contributed by atoms with Gasteiger partial charge in [0.25, 0.3) is 0 Å². The lowest BCUT2D eigenvalue weighted by atomic mass is 10.0. The van der Waals surface area contributed by atoms with Crippen LogP contribution in [0.5, 0.6) is 0 Å². The fourth-order valence-electron chi connectivity index (χ4n) is 9.34. The van der Waals surface area contributed by atoms with Crippen LogP contribution in [0.25, 0.3) is 0 Å². The molecule has 0 aliphatic rings. The minimum atomic E-state index is -0.667. The second-order valence-electron chi connectivity index (χ2n) is 20.7. The number of aliphatic hydroxyl groups is 2. The van der Waals surface area contributed by atoms with Crippen molar-refractivity contribution in [3.05, 3.63) is 24.3 Å². The van der Waals surface area contributed by atoms with E-state index in [1.165, 1.54) is 250 Å². The summed E-state index contributed by atoms with van der Waals surface area (Å²) in [6.45, 7) is 4.94. The summed E-state index contributed by atoms with van der Waals surface area (Å²) < 4.78 is 5.49. The molecule has 0 aromatic rings. The number of hydrogen-bond acceptors (Lipinski definition) is 5. The predicted octanol–water partition coefficient (Wildman–Crippen LogP) is 18.6. The van der Waals surface area contributed by atoms with Crippen LogP contribution in [-0.2, 0) is 14.3 Å². The van der Waals surface area contributed by atoms with Gasteiger partial charge < -0.3 is 20.3 Å². The highest BCUT2D eigenvalue weighted by atomic mass is 16.5. The van der Waals surface area contributed by atoms with Crippen molar-refractivity contribution >= 4 is 11.9 Å². The molecule has 67 heavy (non-hydrogen) atoms. The number of esters is 1. The number of hydrogen-bond donors (Lipinski definition) is 3. The van der Waals surface area contributed by atoms with Crippen LogP contribution in [0.4, 0.5) is 0 Å². The average Bonchev–Trinajstić information content (AvgIpc) is 3.33. The quantitative estimate of drug-likeness (QED) is 0.0321. The molecule has 0 heterocycles. The number of amides is 1. The third-order valence-electron chi connectivity index (χ3n) is 14.0. The first-order chi connectivity index (χ1) is 33.0. The van der Waals surface area contributed by atoms with Gasteiger partial charge in [-0.05, 0) is 77.0 Å². The number of allylic oxidation sites excluding steroid dienone is 4. The van der Waals surface area contributed by atoms with Gasteiger partial charge in [-0.1, -0.05) is 263 Å². The van der Waals surface area contributed by atoms with Crippen LogP contribution < -0.4 is 5.32 Å². The molecule has 0 aliphatic carbocycles. The molecule has 2 unspecified atom stereocenters. The van der Waals surface area contributed by atoms with E-state index < -0.39 is 12.1 Å². The summed E-state index contributed by atoms with van der Waals surface area (Å²) >= 11 is 0. The summed E-state index contributed by atoms with van der Waals surface area (Å²) in [5.74, 6) is -0.0377. The second-order valence-corrected chi connectivity index (χ2v) is 20.7. The molecule has 396 valence electrons. The van der Waals surface area contributed by atoms with Crippen molar-refractivity contribution in [3.63, 3.8) is 0 Å². The number of carbonyl (C=O) groups is 2. The van der Waals surface area contributed by atoms with E-state index >= 15 is 0 Å². The zero-order chi connectivity index (χ0) is 48.6. The third-order valence-corrected chi connectivity index (χ3v) is 14.0. The Hall–Kier alpha value is -1.66. The monoisotopic (exact) mass is 944 g/mol. The van der Waals surface area contributed by atoms with Crippen molar-refractivity contribution in [3.8, 4) is 0 Å². The molecule has 0 aliphatic heterocycles. The van der Waals surface area contributed by atoms with E-state index in [9.17, 15) is 19.8 Å². The zero-order valence-electron chi connectivity index (χ0n) is 45.1. The van der Waals surface area contributed by atoms with E-state index in [2.05, 4.69) is 43.5 Å². The summed E-state index contributed by atoms with van der Waals surface area (Å²) in [6.07, 6.45) is 69.0. The lowest BCUT2D eigenvalue weighted by molar-refractivity contribution is -0.143. The largest absolute Gasteiger partial charge is 0.466 e. The van der Waals surface area contributed by atoms with Gasteiger partial charge in [-0.3, -0.25) is 9.59 Å². The van der Waals surface area contributed by atoms with E-state index in [-0.39, 0.29) is 18.5 Å². The van der Waals surface area contributed by atoms with Crippen molar-refractivity contribution in [2.75, 3.05) is 13.2 Å². The van der Waals surface area contributed by atoms with Gasteiger partial charge in [-0.2, -0.15) is 0 Å². The maximum atomic E-state index is 12.4. The molecule has 6 heteroatoms. The van der Waals surface area contributed by atoms with Crippen LogP contribution in [0.15, 0.2) is 24.3 Å². The van der Waals surface area contributed by atoms with Crippen LogP contribution >= 0.6 is 0 Å². The summed E-state index contributed by atoms with van der Waals surface area (Å²) in [6, 6.07) is -0.545. The molecule has 0 spiro atoms. The van der Waals surface area contributed by atoms with E-state index in [0.29, 0.717) is 25.9 Å². The van der Waals surface area contributed by atoms with Crippen LogP contribution in [-0.4, -0.2) is 47.4 Å². The molecule has 6 nitrogen and oxygen atoms in total. The van der Waals surface area contributed by atoms with E-state index in [1.54, 1.807) is 0 Å². The molecule has 2 atom stereocenters. The molecule has 0 rings (SSSR count). The first-order valence-electron chi connectivity index (χ1n) is 30.1. The van der Waals surface area contributed by atoms with Gasteiger partial charge in [0.05, 0.1) is 25.4 Å². The van der Waals surface area contributed by atoms with Crippen molar-refractivity contribution in [2.24, 2.45) is 0 Å². The Kier molecular flexibility index (Phi) is 55.5. The standard InChI is InChI=1S/C61H117NO5/c1-3-5-7-9-11-13-15-16-17-18-25-28-31-35-39-43-47-51-55-61(66)67-56-52-48-44-40-36-32-29-26-23-21-19-20-22-24-27-30-34-38-42-46-50-54-60(65)62-58(57-63)59(64)53-49-45-41-37-33-14-12-10-8-6-4-2/h17-18,20,22,58-59,63-64H,3-16,19,21,23-57H2,1-2H3,(H,62,65)/b18-17-,22-20-. The van der Waals surface area contributed by atoms with Crippen molar-refractivity contribution in [2.45, 2.75) is 341 Å². The fourth-order valence-corrected chi connectivity index (χ4v) is 9.34. The maximum absolute atomic E-state index is 12.4. The number of ether oxygens (including phenoxy) is 1. The summed E-state index contributed by atoms with van der Waals surface area (Å²) in [5, 5.41) is 23.2. The minimum Gasteiger partial charge on any atom is -0.466 e. The van der Waals surface area contributed by atoms with E-state index in [1.807, 2.05) is 0 Å². The number of unbranched alkanes of at least 4 members (excludes halogenated alkanes) is 41. The number of aliphatic hydroxyl groups excluding tert-OH is 2. The third kappa shape index (κ3) is 53.5. The summed E-state index contributed by atoms with van der Waals surface area (Å²) in [5.41, 5.74) is 0. The minimum absolute atomic E-state index is 0.00549. The highest BCUT2D eigenvalue weighted by molar-refractivity contribution is 5.76. The highest BCUT2D eigenvalue weighted by Gasteiger charge is 2.20. The Balaban J connectivity index is 3.39. The molecule has 0 aromatic carbocycles. The van der Waals surface area contributed by atoms with Crippen molar-refractivity contribution in [1.29, 1.82) is 0 Å². The van der Waals surface area contributed by atoms with Crippen LogP contribution in [0, 0.1) is 0 Å². The van der Waals surface area contributed by atoms with Gasteiger partial charge in [0.1, 0.15) is 0 Å². The summed E-state index contributed by atoms with van der Waals surface area (Å²) in [4.78, 5) is 24.5. The van der Waals surface area contributed by atoms with Gasteiger partial charge in [0.2, 0.25) is 5.91 Å². The van der Waals surface area contributed by atoms with Crippen molar-refractivity contribution < 1.29 is 24.5 Å². The van der Waals surface area contributed by atoms with E-state index in [4.69, 9.17) is 4.74 Å². The smallest absolute Gasteiger partial charge is 0.305 e. The molecule has 0 aromatic heterocycles. The van der Waals surface area contributed by atoms with Gasteiger partial charge in [0.15, 0.2) is 0 Å². The molecular formula is C61H117NO5. The van der Waals surface area contributed by atoms with Gasteiger partial charge in [0, 0.05) is 12.8 Å².